The molecule has 0 radical (unpaired) electrons. The molecule has 37 heavy (non-hydrogen) atoms. The van der Waals surface area contributed by atoms with Crippen molar-refractivity contribution in [3.05, 3.63) is 56.5 Å². The zero-order chi connectivity index (χ0) is 27.0. The average Bonchev–Trinajstić information content (AvgIpc) is 3.72. The molecule has 2 heterocycles. The van der Waals surface area contributed by atoms with Gasteiger partial charge in [0.25, 0.3) is 11.5 Å². The van der Waals surface area contributed by atoms with E-state index in [9.17, 15) is 28.7 Å². The Morgan fingerprint density at radius 1 is 1.19 bits per heavy atom. The average molecular weight is 535 g/mol. The van der Waals surface area contributed by atoms with E-state index in [1.165, 1.54) is 42.7 Å². The minimum atomic E-state index is -0.834. The molecule has 198 valence electrons. The zero-order valence-corrected chi connectivity index (χ0v) is 21.5. The van der Waals surface area contributed by atoms with E-state index >= 15 is 0 Å². The highest BCUT2D eigenvalue weighted by atomic mass is 35.5. The number of carbonyl (C=O) groups is 3. The zero-order valence-electron chi connectivity index (χ0n) is 20.7. The lowest BCUT2D eigenvalue weighted by Gasteiger charge is -2.31. The number of aromatic nitrogens is 2. The molecule has 0 spiro atoms. The van der Waals surface area contributed by atoms with Gasteiger partial charge in [-0.05, 0) is 30.5 Å². The van der Waals surface area contributed by atoms with Crippen molar-refractivity contribution in [1.29, 1.82) is 0 Å². The van der Waals surface area contributed by atoms with Crippen LogP contribution in [0.1, 0.15) is 40.8 Å². The normalized spacial score (nSPS) is 17.5. The molecule has 11 nitrogen and oxygen atoms in total. The van der Waals surface area contributed by atoms with E-state index < -0.39 is 46.6 Å². The van der Waals surface area contributed by atoms with Gasteiger partial charge in [-0.25, -0.2) is 9.37 Å². The number of amides is 3. The molecule has 0 saturated heterocycles. The van der Waals surface area contributed by atoms with Crippen LogP contribution in [0.4, 0.5) is 4.39 Å². The van der Waals surface area contributed by atoms with Gasteiger partial charge in [0.05, 0.1) is 5.02 Å². The van der Waals surface area contributed by atoms with Crippen LogP contribution >= 0.6 is 11.6 Å². The van der Waals surface area contributed by atoms with Crippen molar-refractivity contribution >= 4 is 29.3 Å². The summed E-state index contributed by atoms with van der Waals surface area (Å²) in [4.78, 5) is 60.3. The van der Waals surface area contributed by atoms with Crippen LogP contribution in [-0.4, -0.2) is 87.4 Å². The van der Waals surface area contributed by atoms with E-state index in [2.05, 4.69) is 15.2 Å². The molecule has 2 aromatic rings. The van der Waals surface area contributed by atoms with Gasteiger partial charge in [0.1, 0.15) is 17.7 Å². The highest BCUT2D eigenvalue weighted by molar-refractivity contribution is 6.34. The summed E-state index contributed by atoms with van der Waals surface area (Å²) < 4.78 is 14.7. The Balaban J connectivity index is 1.69. The predicted octanol–water partition coefficient (Wildman–Crippen LogP) is 0.737. The van der Waals surface area contributed by atoms with Gasteiger partial charge in [0.2, 0.25) is 5.75 Å². The molecule has 4 rings (SSSR count). The summed E-state index contributed by atoms with van der Waals surface area (Å²) in [6.07, 6.45) is 1.96. The van der Waals surface area contributed by atoms with E-state index in [0.717, 1.165) is 23.8 Å². The monoisotopic (exact) mass is 534 g/mol. The molecular weight excluding hydrogens is 507 g/mol. The number of benzene rings is 1. The van der Waals surface area contributed by atoms with Crippen molar-refractivity contribution in [2.75, 3.05) is 34.2 Å². The number of rotatable bonds is 5. The number of hydrogen-bond donors (Lipinski definition) is 2. The first-order chi connectivity index (χ1) is 17.5. The van der Waals surface area contributed by atoms with Crippen LogP contribution in [0.5, 0.6) is 5.75 Å². The van der Waals surface area contributed by atoms with Crippen molar-refractivity contribution in [3.8, 4) is 5.75 Å². The molecule has 1 fully saturated rings. The second-order valence-electron chi connectivity index (χ2n) is 9.41. The van der Waals surface area contributed by atoms with Crippen LogP contribution in [0, 0.1) is 5.82 Å². The van der Waals surface area contributed by atoms with Crippen LogP contribution in [0.25, 0.3) is 0 Å². The fourth-order valence-corrected chi connectivity index (χ4v) is 4.48. The first kappa shape index (κ1) is 26.6. The topological polar surface area (TPSA) is 128 Å². The molecule has 2 aliphatic rings. The smallest absolute Gasteiger partial charge is 0.312 e. The number of hydrogen-bond acceptors (Lipinski definition) is 7. The second-order valence-corrected chi connectivity index (χ2v) is 9.82. The third-order valence-corrected chi connectivity index (χ3v) is 6.87. The summed E-state index contributed by atoms with van der Waals surface area (Å²) in [6, 6.07) is 3.41. The fraction of sp³-hybridized carbons (Fsp3) is 0.458. The van der Waals surface area contributed by atoms with Crippen LogP contribution in [0.15, 0.2) is 23.0 Å². The van der Waals surface area contributed by atoms with Crippen LogP contribution in [-0.2, 0) is 22.7 Å². The Kier molecular flexibility index (Phi) is 7.51. The molecule has 1 aliphatic carbocycles. The van der Waals surface area contributed by atoms with Gasteiger partial charge in [0, 0.05) is 53.4 Å². The summed E-state index contributed by atoms with van der Waals surface area (Å²) in [5.41, 5.74) is -0.826. The molecule has 1 unspecified atom stereocenters. The Morgan fingerprint density at radius 3 is 2.51 bits per heavy atom. The second kappa shape index (κ2) is 10.5. The maximum atomic E-state index is 13.4. The van der Waals surface area contributed by atoms with Gasteiger partial charge in [0.15, 0.2) is 5.69 Å². The first-order valence-corrected chi connectivity index (χ1v) is 12.2. The maximum absolute atomic E-state index is 13.4. The molecule has 13 heteroatoms. The molecule has 2 N–H and O–H groups in total. The van der Waals surface area contributed by atoms with Crippen molar-refractivity contribution in [2.24, 2.45) is 0 Å². The third-order valence-electron chi connectivity index (χ3n) is 6.58. The number of nitrogens with one attached hydrogen (secondary N) is 1. The molecule has 1 aliphatic heterocycles. The predicted molar refractivity (Wildman–Crippen MR) is 132 cm³/mol. The summed E-state index contributed by atoms with van der Waals surface area (Å²) in [6.45, 7) is 0.921. The van der Waals surface area contributed by atoms with Gasteiger partial charge in [-0.3, -0.25) is 28.6 Å². The number of nitrogens with zero attached hydrogens (tertiary/aromatic N) is 5. The van der Waals surface area contributed by atoms with E-state index in [1.807, 2.05) is 0 Å². The lowest BCUT2D eigenvalue weighted by molar-refractivity contribution is -0.151. The molecule has 1 aromatic carbocycles. The number of fused-ring (bicyclic) bond motifs is 1. The number of halogens is 2. The summed E-state index contributed by atoms with van der Waals surface area (Å²) in [7, 11) is 4.37. The highest BCUT2D eigenvalue weighted by Gasteiger charge is 2.39. The summed E-state index contributed by atoms with van der Waals surface area (Å²) >= 11 is 5.79. The Morgan fingerprint density at radius 2 is 1.89 bits per heavy atom. The quantitative estimate of drug-likeness (QED) is 0.541. The molecule has 1 saturated carbocycles. The van der Waals surface area contributed by atoms with E-state index in [4.69, 9.17) is 11.6 Å². The van der Waals surface area contributed by atoms with Crippen molar-refractivity contribution in [1.82, 2.24) is 29.6 Å². The molecule has 1 aromatic heterocycles. The van der Waals surface area contributed by atoms with Gasteiger partial charge >= 0.3 is 11.8 Å². The summed E-state index contributed by atoms with van der Waals surface area (Å²) in [5, 5.41) is 13.0. The largest absolute Gasteiger partial charge is 0.501 e. The van der Waals surface area contributed by atoms with Crippen LogP contribution < -0.4 is 10.9 Å². The van der Waals surface area contributed by atoms with Gasteiger partial charge < -0.3 is 20.2 Å². The SMILES string of the molecule is CN(C)C(=O)C(=O)N(C)C1CN(C2CC2)CCn2c1nc(C(=O)NCc1ccc(F)c(Cl)c1)c(O)c2=O. The van der Waals surface area contributed by atoms with Crippen molar-refractivity contribution in [3.63, 3.8) is 0 Å². The van der Waals surface area contributed by atoms with E-state index in [1.54, 1.807) is 0 Å². The molecule has 0 bridgehead atoms. The molecular formula is C24H28ClFN6O5. The highest BCUT2D eigenvalue weighted by Crippen LogP contribution is 2.32. The molecule has 3 amide bonds. The van der Waals surface area contributed by atoms with Gasteiger partial charge in [-0.15, -0.1) is 0 Å². The maximum Gasteiger partial charge on any atom is 0.312 e. The number of likely N-dealkylation sites (N-methyl/N-ethyl adjacent to an activating group) is 2. The first-order valence-electron chi connectivity index (χ1n) is 11.8. The van der Waals surface area contributed by atoms with Gasteiger partial charge in [-0.1, -0.05) is 17.7 Å². The minimum absolute atomic E-state index is 0.0625. The standard InChI is InChI=1S/C24H28ClFN6O5/c1-29(2)23(36)24(37)30(3)17-12-31(14-5-6-14)8-9-32-20(17)28-18(19(33)22(32)35)21(34)27-11-13-4-7-16(26)15(25)10-13/h4,7,10,14,17,33H,5-6,8-9,11-12H2,1-3H3,(H,27,34). The Hall–Kier alpha value is -3.51. The lowest BCUT2D eigenvalue weighted by atomic mass is 10.2. The summed E-state index contributed by atoms with van der Waals surface area (Å²) in [5.74, 6) is -3.70. The fourth-order valence-electron chi connectivity index (χ4n) is 4.28. The Labute approximate surface area is 217 Å². The van der Waals surface area contributed by atoms with Crippen molar-refractivity contribution < 1.29 is 23.9 Å². The molecule has 1 atom stereocenters. The van der Waals surface area contributed by atoms with Crippen molar-refractivity contribution in [2.45, 2.75) is 38.0 Å². The van der Waals surface area contributed by atoms with E-state index in [0.29, 0.717) is 24.7 Å². The Bertz CT molecular complexity index is 1310. The van der Waals surface area contributed by atoms with E-state index in [-0.39, 0.29) is 23.9 Å². The number of aromatic hydroxyl groups is 1. The number of carbonyl (C=O) groups excluding carboxylic acids is 3. The van der Waals surface area contributed by atoms with Crippen LogP contribution in [0.2, 0.25) is 5.02 Å². The van der Waals surface area contributed by atoms with Crippen LogP contribution in [0.3, 0.4) is 0 Å². The lowest BCUT2D eigenvalue weighted by Crippen LogP contribution is -2.46. The third kappa shape index (κ3) is 5.44. The van der Waals surface area contributed by atoms with Gasteiger partial charge in [-0.2, -0.15) is 0 Å². The minimum Gasteiger partial charge on any atom is -0.501 e.